The molecule has 0 atom stereocenters. The van der Waals surface area contributed by atoms with Crippen molar-refractivity contribution in [2.45, 2.75) is 32.6 Å². The van der Waals surface area contributed by atoms with Crippen molar-refractivity contribution in [3.8, 4) is 0 Å². The predicted molar refractivity (Wildman–Crippen MR) is 87.1 cm³/mol. The first-order valence-electron chi connectivity index (χ1n) is 6.97. The average molecular weight is 334 g/mol. The summed E-state index contributed by atoms with van der Waals surface area (Å²) >= 11 is 3.44. The van der Waals surface area contributed by atoms with Crippen molar-refractivity contribution < 1.29 is 0 Å². The molecule has 1 aromatic heterocycles. The molecule has 2 aromatic rings. The molecule has 106 valence electrons. The highest BCUT2D eigenvalue weighted by Gasteiger charge is 2.06. The summed E-state index contributed by atoms with van der Waals surface area (Å²) in [5.74, 6) is 2.09. The topological polar surface area (TPSA) is 37.8 Å². The summed E-state index contributed by atoms with van der Waals surface area (Å²) in [5, 5.41) is 3.37. The van der Waals surface area contributed by atoms with Gasteiger partial charge in [-0.2, -0.15) is 0 Å². The highest BCUT2D eigenvalue weighted by molar-refractivity contribution is 9.10. The normalized spacial score (nSPS) is 10.8. The number of aromatic nitrogens is 2. The van der Waals surface area contributed by atoms with Gasteiger partial charge in [0.2, 0.25) is 0 Å². The zero-order valence-electron chi connectivity index (χ0n) is 11.9. The molecule has 0 aliphatic carbocycles. The van der Waals surface area contributed by atoms with E-state index in [4.69, 9.17) is 0 Å². The summed E-state index contributed by atoms with van der Waals surface area (Å²) in [5.41, 5.74) is 1.38. The van der Waals surface area contributed by atoms with Crippen molar-refractivity contribution in [1.82, 2.24) is 9.97 Å². The van der Waals surface area contributed by atoms with Crippen molar-refractivity contribution in [2.24, 2.45) is 0 Å². The third-order valence-electron chi connectivity index (χ3n) is 3.02. The number of hydrogen-bond acceptors (Lipinski definition) is 3. The Hall–Kier alpha value is -1.42. The van der Waals surface area contributed by atoms with Crippen LogP contribution < -0.4 is 5.32 Å². The van der Waals surface area contributed by atoms with Gasteiger partial charge in [0.1, 0.15) is 16.2 Å². The fourth-order valence-electron chi connectivity index (χ4n) is 1.94. The molecular formula is C16H20BrN3. The number of anilines is 1. The Bertz CT molecular complexity index is 541. The molecular weight excluding hydrogens is 314 g/mol. The predicted octanol–water partition coefficient (Wildman–Crippen LogP) is 4.41. The molecule has 0 unspecified atom stereocenters. The van der Waals surface area contributed by atoms with E-state index in [1.54, 1.807) is 0 Å². The number of rotatable bonds is 6. The van der Waals surface area contributed by atoms with Crippen LogP contribution in [0.1, 0.15) is 37.6 Å². The third kappa shape index (κ3) is 4.60. The van der Waals surface area contributed by atoms with Gasteiger partial charge in [-0.25, -0.2) is 9.97 Å². The first-order chi connectivity index (χ1) is 9.65. The molecule has 0 saturated carbocycles. The van der Waals surface area contributed by atoms with Crippen LogP contribution in [-0.4, -0.2) is 16.5 Å². The highest BCUT2D eigenvalue weighted by atomic mass is 79.9. The van der Waals surface area contributed by atoms with Crippen LogP contribution in [0.15, 0.2) is 41.0 Å². The van der Waals surface area contributed by atoms with Crippen LogP contribution in [0.4, 0.5) is 5.82 Å². The number of aryl methyl sites for hydroxylation is 1. The molecule has 4 heteroatoms. The summed E-state index contributed by atoms with van der Waals surface area (Å²) in [7, 11) is 0. The van der Waals surface area contributed by atoms with Crippen molar-refractivity contribution in [3.63, 3.8) is 0 Å². The molecule has 0 bridgehead atoms. The molecule has 1 aromatic carbocycles. The molecule has 0 fully saturated rings. The van der Waals surface area contributed by atoms with E-state index in [1.165, 1.54) is 5.56 Å². The second-order valence-corrected chi connectivity index (χ2v) is 5.92. The Morgan fingerprint density at radius 1 is 1.15 bits per heavy atom. The van der Waals surface area contributed by atoms with Crippen LogP contribution in [0.5, 0.6) is 0 Å². The summed E-state index contributed by atoms with van der Waals surface area (Å²) in [6.07, 6.45) is 2.17. The van der Waals surface area contributed by atoms with Crippen LogP contribution in [0.2, 0.25) is 0 Å². The molecule has 3 nitrogen and oxygen atoms in total. The summed E-state index contributed by atoms with van der Waals surface area (Å²) < 4.78 is 0.835. The molecule has 0 radical (unpaired) electrons. The molecule has 0 saturated heterocycles. The van der Waals surface area contributed by atoms with Gasteiger partial charge < -0.3 is 5.32 Å². The quantitative estimate of drug-likeness (QED) is 0.628. The minimum atomic E-state index is 0.331. The first-order valence-corrected chi connectivity index (χ1v) is 7.76. The maximum absolute atomic E-state index is 4.53. The van der Waals surface area contributed by atoms with Gasteiger partial charge in [-0.1, -0.05) is 44.2 Å². The standard InChI is InChI=1S/C16H20BrN3/c1-12(2)16-19-14(17)11-15(20-16)18-10-6-9-13-7-4-3-5-8-13/h3-5,7-8,11-12H,6,9-10H2,1-2H3,(H,18,19,20). The van der Waals surface area contributed by atoms with E-state index in [9.17, 15) is 0 Å². The van der Waals surface area contributed by atoms with Gasteiger partial charge in [0.25, 0.3) is 0 Å². The average Bonchev–Trinajstić information content (AvgIpc) is 2.44. The van der Waals surface area contributed by atoms with E-state index in [1.807, 2.05) is 12.1 Å². The molecule has 0 aliphatic rings. The van der Waals surface area contributed by atoms with Crippen LogP contribution in [-0.2, 0) is 6.42 Å². The van der Waals surface area contributed by atoms with Gasteiger partial charge >= 0.3 is 0 Å². The van der Waals surface area contributed by atoms with E-state index in [2.05, 4.69) is 69.3 Å². The van der Waals surface area contributed by atoms with Gasteiger partial charge in [-0.3, -0.25) is 0 Å². The zero-order chi connectivity index (χ0) is 14.4. The van der Waals surface area contributed by atoms with Gasteiger partial charge in [0.05, 0.1) is 0 Å². The lowest BCUT2D eigenvalue weighted by Crippen LogP contribution is -2.07. The van der Waals surface area contributed by atoms with Crippen LogP contribution >= 0.6 is 15.9 Å². The third-order valence-corrected chi connectivity index (χ3v) is 3.43. The summed E-state index contributed by atoms with van der Waals surface area (Å²) in [4.78, 5) is 8.90. The number of nitrogens with zero attached hydrogens (tertiary/aromatic N) is 2. The lowest BCUT2D eigenvalue weighted by atomic mass is 10.1. The fraction of sp³-hybridized carbons (Fsp3) is 0.375. The van der Waals surface area contributed by atoms with Gasteiger partial charge in [0, 0.05) is 18.5 Å². The van der Waals surface area contributed by atoms with E-state index in [0.29, 0.717) is 5.92 Å². The second-order valence-electron chi connectivity index (χ2n) is 5.10. The molecule has 0 amide bonds. The number of nitrogens with one attached hydrogen (secondary N) is 1. The van der Waals surface area contributed by atoms with Gasteiger partial charge in [-0.15, -0.1) is 0 Å². The molecule has 2 rings (SSSR count). The van der Waals surface area contributed by atoms with Crippen LogP contribution in [0, 0.1) is 0 Å². The number of hydrogen-bond donors (Lipinski definition) is 1. The molecule has 0 spiro atoms. The summed E-state index contributed by atoms with van der Waals surface area (Å²) in [6, 6.07) is 12.5. The van der Waals surface area contributed by atoms with Crippen LogP contribution in [0.3, 0.4) is 0 Å². The van der Waals surface area contributed by atoms with Gasteiger partial charge in [-0.05, 0) is 34.3 Å². The first kappa shape index (κ1) is 15.0. The lowest BCUT2D eigenvalue weighted by molar-refractivity contribution is 0.767. The molecule has 20 heavy (non-hydrogen) atoms. The zero-order valence-corrected chi connectivity index (χ0v) is 13.5. The van der Waals surface area contributed by atoms with Crippen molar-refractivity contribution in [3.05, 3.63) is 52.4 Å². The Kier molecular flexibility index (Phi) is 5.53. The van der Waals surface area contributed by atoms with Crippen molar-refractivity contribution in [1.29, 1.82) is 0 Å². The van der Waals surface area contributed by atoms with Gasteiger partial charge in [0.15, 0.2) is 0 Å². The Balaban J connectivity index is 1.85. The Morgan fingerprint density at radius 3 is 2.60 bits per heavy atom. The maximum atomic E-state index is 4.53. The Morgan fingerprint density at radius 2 is 1.90 bits per heavy atom. The maximum Gasteiger partial charge on any atom is 0.134 e. The minimum Gasteiger partial charge on any atom is -0.370 e. The smallest absolute Gasteiger partial charge is 0.134 e. The van der Waals surface area contributed by atoms with Crippen molar-refractivity contribution >= 4 is 21.7 Å². The number of benzene rings is 1. The van der Waals surface area contributed by atoms with E-state index < -0.39 is 0 Å². The van der Waals surface area contributed by atoms with Crippen LogP contribution in [0.25, 0.3) is 0 Å². The van der Waals surface area contributed by atoms with E-state index in [-0.39, 0.29) is 0 Å². The minimum absolute atomic E-state index is 0.331. The SMILES string of the molecule is CC(C)c1nc(Br)cc(NCCCc2ccccc2)n1. The van der Waals surface area contributed by atoms with E-state index in [0.717, 1.165) is 35.6 Å². The fourth-order valence-corrected chi connectivity index (χ4v) is 2.34. The molecule has 1 N–H and O–H groups in total. The number of halogens is 1. The monoisotopic (exact) mass is 333 g/mol. The molecule has 1 heterocycles. The lowest BCUT2D eigenvalue weighted by Gasteiger charge is -2.09. The summed E-state index contributed by atoms with van der Waals surface area (Å²) in [6.45, 7) is 5.11. The largest absolute Gasteiger partial charge is 0.370 e. The van der Waals surface area contributed by atoms with E-state index >= 15 is 0 Å². The molecule has 0 aliphatic heterocycles. The Labute approximate surface area is 129 Å². The highest BCUT2D eigenvalue weighted by Crippen LogP contribution is 2.17. The van der Waals surface area contributed by atoms with Crippen molar-refractivity contribution in [2.75, 3.05) is 11.9 Å². The second kappa shape index (κ2) is 7.39.